The first-order valence-corrected chi connectivity index (χ1v) is 6.05. The average Bonchev–Trinajstić information content (AvgIpc) is 2.42. The van der Waals surface area contributed by atoms with Gasteiger partial charge in [-0.2, -0.15) is 0 Å². The third-order valence-corrected chi connectivity index (χ3v) is 2.32. The lowest BCUT2D eigenvalue weighted by Gasteiger charge is -2.32. The average molecular weight is 299 g/mol. The molecule has 0 radical (unpaired) electrons. The molecular weight excluding hydrogens is 278 g/mol. The van der Waals surface area contributed by atoms with Crippen LogP contribution in [0.2, 0.25) is 0 Å². The van der Waals surface area contributed by atoms with Crippen LogP contribution in [0.3, 0.4) is 0 Å². The number of hydrogen-bond acceptors (Lipinski definition) is 10. The Bertz CT molecular complexity index is 257. The maximum Gasteiger partial charge on any atom is 0.209 e. The Morgan fingerprint density at radius 1 is 1.30 bits per heavy atom. The molecule has 0 amide bonds. The number of rotatable bonds is 9. The molecule has 20 heavy (non-hydrogen) atoms. The quantitative estimate of drug-likeness (QED) is 0.273. The second-order valence-electron chi connectivity index (χ2n) is 3.91. The fraction of sp³-hybridized carbons (Fsp3) is 1.00. The molecule has 0 aromatic carbocycles. The van der Waals surface area contributed by atoms with Crippen molar-refractivity contribution in [1.29, 1.82) is 0 Å². The molecule has 1 rings (SSSR count). The summed E-state index contributed by atoms with van der Waals surface area (Å²) < 4.78 is 24.5. The van der Waals surface area contributed by atoms with E-state index in [-0.39, 0.29) is 26.4 Å². The number of ether oxygens (including phenoxy) is 5. The summed E-state index contributed by atoms with van der Waals surface area (Å²) in [6, 6.07) is 0. The predicted octanol–water partition coefficient (Wildman–Crippen LogP) is -3.36. The van der Waals surface area contributed by atoms with E-state index >= 15 is 0 Å². The van der Waals surface area contributed by atoms with Gasteiger partial charge in [0.2, 0.25) is 12.6 Å². The van der Waals surface area contributed by atoms with E-state index in [2.05, 4.69) is 4.74 Å². The number of nitrogens with two attached hydrogens (primary N) is 1. The van der Waals surface area contributed by atoms with Gasteiger partial charge >= 0.3 is 0 Å². The molecule has 10 heteroatoms. The molecule has 1 heterocycles. The van der Waals surface area contributed by atoms with Crippen LogP contribution in [0.4, 0.5) is 0 Å². The smallest absolute Gasteiger partial charge is 0.209 e. The van der Waals surface area contributed by atoms with Crippen molar-refractivity contribution in [2.24, 2.45) is 5.73 Å². The molecule has 120 valence electrons. The Kier molecular flexibility index (Phi) is 8.40. The van der Waals surface area contributed by atoms with E-state index in [1.807, 2.05) is 0 Å². The summed E-state index contributed by atoms with van der Waals surface area (Å²) in [7, 11) is 0. The van der Waals surface area contributed by atoms with E-state index in [4.69, 9.17) is 34.9 Å². The predicted molar refractivity (Wildman–Crippen MR) is 61.8 cm³/mol. The largest absolute Gasteiger partial charge is 0.385 e. The lowest BCUT2D eigenvalue weighted by molar-refractivity contribution is -0.365. The lowest BCUT2D eigenvalue weighted by Crippen LogP contribution is -2.46. The summed E-state index contributed by atoms with van der Waals surface area (Å²) in [4.78, 5) is 0. The van der Waals surface area contributed by atoms with E-state index in [0.29, 0.717) is 0 Å². The first-order valence-electron chi connectivity index (χ1n) is 6.05. The zero-order chi connectivity index (χ0) is 15.0. The SMILES string of the molecule is NCCOC(OCO)C(O)COC1OCC(O)OC1O. The Morgan fingerprint density at radius 3 is 2.65 bits per heavy atom. The topological polar surface area (TPSA) is 153 Å². The van der Waals surface area contributed by atoms with Gasteiger partial charge in [0, 0.05) is 6.54 Å². The highest BCUT2D eigenvalue weighted by Crippen LogP contribution is 2.14. The summed E-state index contributed by atoms with van der Waals surface area (Å²) in [6.45, 7) is -0.784. The summed E-state index contributed by atoms with van der Waals surface area (Å²) in [5.74, 6) is 0. The van der Waals surface area contributed by atoms with Crippen LogP contribution in [0.15, 0.2) is 0 Å². The van der Waals surface area contributed by atoms with Crippen molar-refractivity contribution in [1.82, 2.24) is 0 Å². The molecule has 0 saturated carbocycles. The maximum atomic E-state index is 9.78. The second kappa shape index (κ2) is 9.52. The van der Waals surface area contributed by atoms with E-state index in [0.717, 1.165) is 0 Å². The monoisotopic (exact) mass is 299 g/mol. The highest BCUT2D eigenvalue weighted by molar-refractivity contribution is 4.63. The van der Waals surface area contributed by atoms with Crippen molar-refractivity contribution in [2.75, 3.05) is 33.2 Å². The van der Waals surface area contributed by atoms with Crippen LogP contribution in [0, 0.1) is 0 Å². The highest BCUT2D eigenvalue weighted by atomic mass is 16.8. The standard InChI is InChI=1S/C10H21NO9/c11-1-2-16-9(19-5-12)6(13)3-17-10-8(15)20-7(14)4-18-10/h6-10,12-15H,1-5,11H2. The molecule has 1 fully saturated rings. The van der Waals surface area contributed by atoms with Gasteiger partial charge < -0.3 is 49.8 Å². The second-order valence-corrected chi connectivity index (χ2v) is 3.91. The molecule has 0 spiro atoms. The normalized spacial score (nSPS) is 30.1. The van der Waals surface area contributed by atoms with Gasteiger partial charge in [-0.05, 0) is 0 Å². The van der Waals surface area contributed by atoms with Gasteiger partial charge in [-0.3, -0.25) is 0 Å². The van der Waals surface area contributed by atoms with Gasteiger partial charge in [-0.15, -0.1) is 0 Å². The van der Waals surface area contributed by atoms with Gasteiger partial charge in [0.15, 0.2) is 12.6 Å². The summed E-state index contributed by atoms with van der Waals surface area (Å²) in [6.07, 6.45) is -6.23. The van der Waals surface area contributed by atoms with Crippen LogP contribution in [0.5, 0.6) is 0 Å². The van der Waals surface area contributed by atoms with Crippen molar-refractivity contribution in [3.8, 4) is 0 Å². The molecule has 5 unspecified atom stereocenters. The molecule has 6 N–H and O–H groups in total. The van der Waals surface area contributed by atoms with Crippen LogP contribution in [-0.4, -0.2) is 84.8 Å². The third kappa shape index (κ3) is 5.93. The highest BCUT2D eigenvalue weighted by Gasteiger charge is 2.32. The molecular formula is C10H21NO9. The first kappa shape index (κ1) is 17.7. The Balaban J connectivity index is 2.33. The number of hydrogen-bond donors (Lipinski definition) is 5. The number of aliphatic hydroxyl groups is 4. The van der Waals surface area contributed by atoms with E-state index < -0.39 is 38.1 Å². The van der Waals surface area contributed by atoms with Crippen molar-refractivity contribution >= 4 is 0 Å². The van der Waals surface area contributed by atoms with Gasteiger partial charge in [0.05, 0.1) is 13.2 Å². The molecule has 1 aliphatic rings. The van der Waals surface area contributed by atoms with Gasteiger partial charge in [-0.1, -0.05) is 0 Å². The fourth-order valence-corrected chi connectivity index (χ4v) is 1.45. The van der Waals surface area contributed by atoms with Gasteiger partial charge in [-0.25, -0.2) is 0 Å². The van der Waals surface area contributed by atoms with Crippen molar-refractivity contribution in [2.45, 2.75) is 31.3 Å². The summed E-state index contributed by atoms with van der Waals surface area (Å²) in [5.41, 5.74) is 5.25. The molecule has 1 saturated heterocycles. The van der Waals surface area contributed by atoms with Crippen molar-refractivity contribution in [3.63, 3.8) is 0 Å². The van der Waals surface area contributed by atoms with Crippen LogP contribution in [0.1, 0.15) is 0 Å². The van der Waals surface area contributed by atoms with Crippen LogP contribution >= 0.6 is 0 Å². The maximum absolute atomic E-state index is 9.78. The molecule has 10 nitrogen and oxygen atoms in total. The van der Waals surface area contributed by atoms with Crippen LogP contribution < -0.4 is 5.73 Å². The van der Waals surface area contributed by atoms with Crippen molar-refractivity contribution in [3.05, 3.63) is 0 Å². The zero-order valence-electron chi connectivity index (χ0n) is 10.8. The lowest BCUT2D eigenvalue weighted by atomic mass is 10.3. The van der Waals surface area contributed by atoms with E-state index in [1.165, 1.54) is 0 Å². The van der Waals surface area contributed by atoms with Crippen LogP contribution in [-0.2, 0) is 23.7 Å². The molecule has 0 bridgehead atoms. The molecule has 1 aliphatic heterocycles. The van der Waals surface area contributed by atoms with E-state index in [1.54, 1.807) is 0 Å². The fourth-order valence-electron chi connectivity index (χ4n) is 1.45. The molecule has 0 aliphatic carbocycles. The minimum atomic E-state index is -1.48. The minimum Gasteiger partial charge on any atom is -0.385 e. The Labute approximate surface area is 115 Å². The number of aliphatic hydroxyl groups excluding tert-OH is 4. The summed E-state index contributed by atoms with van der Waals surface area (Å²) >= 11 is 0. The van der Waals surface area contributed by atoms with Crippen LogP contribution in [0.25, 0.3) is 0 Å². The van der Waals surface area contributed by atoms with E-state index in [9.17, 15) is 10.2 Å². The minimum absolute atomic E-state index is 0.125. The Morgan fingerprint density at radius 2 is 2.05 bits per heavy atom. The molecule has 0 aromatic heterocycles. The third-order valence-electron chi connectivity index (χ3n) is 2.32. The Hall–Kier alpha value is -0.400. The van der Waals surface area contributed by atoms with Gasteiger partial charge in [0.1, 0.15) is 19.5 Å². The van der Waals surface area contributed by atoms with Gasteiger partial charge in [0.25, 0.3) is 0 Å². The summed E-state index contributed by atoms with van der Waals surface area (Å²) in [5, 5.41) is 36.9. The molecule has 5 atom stereocenters. The zero-order valence-corrected chi connectivity index (χ0v) is 10.8. The van der Waals surface area contributed by atoms with Crippen molar-refractivity contribution < 1.29 is 44.1 Å². The first-order chi connectivity index (χ1) is 9.58. The molecule has 0 aromatic rings.